The summed E-state index contributed by atoms with van der Waals surface area (Å²) in [6.45, 7) is 2.06. The van der Waals surface area contributed by atoms with Crippen molar-refractivity contribution < 1.29 is 26.7 Å². The maximum Gasteiger partial charge on any atom is 0.258 e. The predicted molar refractivity (Wildman–Crippen MR) is 90.9 cm³/mol. The van der Waals surface area contributed by atoms with Crippen molar-refractivity contribution >= 4 is 23.2 Å². The number of anilines is 2. The van der Waals surface area contributed by atoms with E-state index in [-0.39, 0.29) is 28.9 Å². The fourth-order valence-electron chi connectivity index (χ4n) is 2.88. The number of rotatable bonds is 5. The monoisotopic (exact) mass is 371 g/mol. The van der Waals surface area contributed by atoms with Gasteiger partial charge >= 0.3 is 0 Å². The van der Waals surface area contributed by atoms with Crippen LogP contribution in [0.1, 0.15) is 26.2 Å². The van der Waals surface area contributed by atoms with E-state index in [9.17, 15) is 9.59 Å². The molecule has 0 spiro atoms. The van der Waals surface area contributed by atoms with E-state index in [4.69, 9.17) is 0 Å². The standard InChI is InChI=1S/C19H20N2O2.Cu/c1-2-3-14-17-18(22)20(15-10-6-4-7-11-15)21(19(17)23)16-12-8-5-9-13-16;/h4-13,17H,2-3,14H2,1H3;. The molecule has 5 heteroatoms. The summed E-state index contributed by atoms with van der Waals surface area (Å²) in [5.74, 6) is -0.868. The van der Waals surface area contributed by atoms with Crippen LogP contribution in [0.5, 0.6) is 0 Å². The van der Waals surface area contributed by atoms with Crippen LogP contribution in [0.25, 0.3) is 0 Å². The molecule has 1 radical (unpaired) electrons. The summed E-state index contributed by atoms with van der Waals surface area (Å²) in [5.41, 5.74) is 1.43. The maximum atomic E-state index is 12.9. The maximum absolute atomic E-state index is 12.9. The smallest absolute Gasteiger partial charge is 0.258 e. The molecule has 0 bridgehead atoms. The fraction of sp³-hybridized carbons (Fsp3) is 0.263. The second kappa shape index (κ2) is 8.13. The van der Waals surface area contributed by atoms with Gasteiger partial charge in [-0.3, -0.25) is 9.59 Å². The first-order valence-electron chi connectivity index (χ1n) is 8.02. The molecule has 4 nitrogen and oxygen atoms in total. The number of carbonyl (C=O) groups excluding carboxylic acids is 2. The average molecular weight is 372 g/mol. The minimum atomic E-state index is -0.588. The third-order valence-corrected chi connectivity index (χ3v) is 4.06. The first-order valence-corrected chi connectivity index (χ1v) is 8.02. The minimum Gasteiger partial charge on any atom is -0.272 e. The van der Waals surface area contributed by atoms with Gasteiger partial charge in [-0.05, 0) is 30.7 Å². The van der Waals surface area contributed by atoms with Gasteiger partial charge in [0.05, 0.1) is 11.4 Å². The van der Waals surface area contributed by atoms with Crippen LogP contribution < -0.4 is 10.0 Å². The van der Waals surface area contributed by atoms with E-state index < -0.39 is 5.92 Å². The molecule has 0 saturated carbocycles. The van der Waals surface area contributed by atoms with E-state index in [2.05, 4.69) is 6.92 Å². The molecule has 0 unspecified atom stereocenters. The van der Waals surface area contributed by atoms with Gasteiger partial charge in [0.15, 0.2) is 0 Å². The molecule has 2 aromatic carbocycles. The van der Waals surface area contributed by atoms with Crippen molar-refractivity contribution in [2.75, 3.05) is 10.0 Å². The zero-order valence-electron chi connectivity index (χ0n) is 13.5. The Morgan fingerprint density at radius 2 is 1.21 bits per heavy atom. The summed E-state index contributed by atoms with van der Waals surface area (Å²) < 4.78 is 0. The van der Waals surface area contributed by atoms with Crippen molar-refractivity contribution in [3.05, 3.63) is 60.7 Å². The number of hydrazine groups is 1. The molecule has 1 heterocycles. The summed E-state index contributed by atoms with van der Waals surface area (Å²) in [4.78, 5) is 25.7. The molecular weight excluding hydrogens is 352 g/mol. The van der Waals surface area contributed by atoms with E-state index in [1.807, 2.05) is 60.7 Å². The SMILES string of the molecule is CCCCC1C(=O)N(c2ccccc2)N(c2ccccc2)C1=O.[Cu]. The number of hydrogen-bond donors (Lipinski definition) is 0. The minimum absolute atomic E-state index is 0. The van der Waals surface area contributed by atoms with Gasteiger partial charge < -0.3 is 0 Å². The molecule has 1 aliphatic heterocycles. The molecule has 129 valence electrons. The number of para-hydroxylation sites is 2. The Morgan fingerprint density at radius 3 is 1.58 bits per heavy atom. The van der Waals surface area contributed by atoms with Gasteiger partial charge in [-0.25, -0.2) is 10.0 Å². The van der Waals surface area contributed by atoms with E-state index in [0.29, 0.717) is 17.8 Å². The summed E-state index contributed by atoms with van der Waals surface area (Å²) in [6.07, 6.45) is 2.43. The molecule has 1 fully saturated rings. The Labute approximate surface area is 152 Å². The van der Waals surface area contributed by atoms with Gasteiger partial charge in [-0.1, -0.05) is 56.2 Å². The van der Waals surface area contributed by atoms with Gasteiger partial charge in [-0.15, -0.1) is 0 Å². The molecule has 0 aromatic heterocycles. The summed E-state index contributed by atoms with van der Waals surface area (Å²) in [6, 6.07) is 18.7. The molecule has 1 aliphatic rings. The Morgan fingerprint density at radius 1 is 0.792 bits per heavy atom. The van der Waals surface area contributed by atoms with E-state index in [1.165, 1.54) is 10.0 Å². The van der Waals surface area contributed by atoms with Crippen molar-refractivity contribution in [1.82, 2.24) is 0 Å². The molecule has 3 rings (SSSR count). The number of amides is 2. The van der Waals surface area contributed by atoms with E-state index in [1.54, 1.807) is 0 Å². The zero-order chi connectivity index (χ0) is 16.2. The van der Waals surface area contributed by atoms with E-state index in [0.717, 1.165) is 12.8 Å². The van der Waals surface area contributed by atoms with E-state index >= 15 is 0 Å². The van der Waals surface area contributed by atoms with Gasteiger partial charge in [-0.2, -0.15) is 0 Å². The number of benzene rings is 2. The number of hydrogen-bond acceptors (Lipinski definition) is 2. The van der Waals surface area contributed by atoms with Crippen LogP contribution in [0.4, 0.5) is 11.4 Å². The Kier molecular flexibility index (Phi) is 6.18. The van der Waals surface area contributed by atoms with Crippen LogP contribution in [0.2, 0.25) is 0 Å². The normalized spacial score (nSPS) is 14.9. The summed E-state index contributed by atoms with van der Waals surface area (Å²) >= 11 is 0. The first kappa shape index (κ1) is 18.2. The van der Waals surface area contributed by atoms with Gasteiger partial charge in [0.2, 0.25) is 0 Å². The fourth-order valence-corrected chi connectivity index (χ4v) is 2.88. The van der Waals surface area contributed by atoms with Crippen LogP contribution in [-0.2, 0) is 26.7 Å². The third kappa shape index (κ3) is 3.37. The van der Waals surface area contributed by atoms with Crippen molar-refractivity contribution in [1.29, 1.82) is 0 Å². The molecular formula is C19H20CuN2O2. The summed E-state index contributed by atoms with van der Waals surface area (Å²) in [7, 11) is 0. The number of nitrogens with zero attached hydrogens (tertiary/aromatic N) is 2. The first-order chi connectivity index (χ1) is 11.2. The Hall–Kier alpha value is -2.10. The zero-order valence-corrected chi connectivity index (χ0v) is 14.4. The number of carbonyl (C=O) groups is 2. The Bertz CT molecular complexity index is 634. The van der Waals surface area contributed by atoms with Crippen LogP contribution >= 0.6 is 0 Å². The summed E-state index contributed by atoms with van der Waals surface area (Å²) in [5, 5.41) is 3.02. The molecule has 0 N–H and O–H groups in total. The molecule has 24 heavy (non-hydrogen) atoms. The van der Waals surface area contributed by atoms with Crippen molar-refractivity contribution in [2.45, 2.75) is 26.2 Å². The number of unbranched alkanes of at least 4 members (excludes halogenated alkanes) is 1. The van der Waals surface area contributed by atoms with Crippen molar-refractivity contribution in [3.8, 4) is 0 Å². The van der Waals surface area contributed by atoms with Crippen LogP contribution in [0, 0.1) is 5.92 Å². The van der Waals surface area contributed by atoms with Crippen molar-refractivity contribution in [2.24, 2.45) is 5.92 Å². The van der Waals surface area contributed by atoms with Crippen LogP contribution in [-0.4, -0.2) is 11.8 Å². The second-order valence-electron chi connectivity index (χ2n) is 5.67. The predicted octanol–water partition coefficient (Wildman–Crippen LogP) is 3.79. The Balaban J connectivity index is 0.00000208. The van der Waals surface area contributed by atoms with Gasteiger partial charge in [0, 0.05) is 17.1 Å². The largest absolute Gasteiger partial charge is 0.272 e. The third-order valence-electron chi connectivity index (χ3n) is 4.06. The second-order valence-corrected chi connectivity index (χ2v) is 5.67. The van der Waals surface area contributed by atoms with Gasteiger partial charge in [0.1, 0.15) is 5.92 Å². The van der Waals surface area contributed by atoms with Crippen LogP contribution in [0.3, 0.4) is 0 Å². The van der Waals surface area contributed by atoms with Crippen LogP contribution in [0.15, 0.2) is 60.7 Å². The average Bonchev–Trinajstić information content (AvgIpc) is 2.85. The van der Waals surface area contributed by atoms with Gasteiger partial charge in [0.25, 0.3) is 11.8 Å². The quantitative estimate of drug-likeness (QED) is 0.592. The molecule has 1 saturated heterocycles. The molecule has 2 amide bonds. The molecule has 0 aliphatic carbocycles. The topological polar surface area (TPSA) is 40.6 Å². The molecule has 2 aromatic rings. The van der Waals surface area contributed by atoms with Crippen molar-refractivity contribution in [3.63, 3.8) is 0 Å². The molecule has 0 atom stereocenters.